The van der Waals surface area contributed by atoms with E-state index >= 15 is 0 Å². The van der Waals surface area contributed by atoms with Crippen LogP contribution in [0.4, 0.5) is 5.69 Å². The number of benzene rings is 3. The van der Waals surface area contributed by atoms with E-state index in [1.54, 1.807) is 30.3 Å². The molecule has 3 aromatic carbocycles. The van der Waals surface area contributed by atoms with Crippen molar-refractivity contribution in [1.29, 1.82) is 0 Å². The van der Waals surface area contributed by atoms with Gasteiger partial charge in [-0.1, -0.05) is 18.9 Å². The summed E-state index contributed by atoms with van der Waals surface area (Å²) in [6.45, 7) is 0.903. The van der Waals surface area contributed by atoms with E-state index in [1.807, 2.05) is 0 Å². The normalized spacial score (nSPS) is 14.5. The van der Waals surface area contributed by atoms with Crippen LogP contribution in [0.15, 0.2) is 54.6 Å². The number of carbonyl (C=O) groups is 1. The first-order valence-corrected chi connectivity index (χ1v) is 13.9. The summed E-state index contributed by atoms with van der Waals surface area (Å²) in [5, 5.41) is 26.7. The molecule has 0 radical (unpaired) electrons. The lowest BCUT2D eigenvalue weighted by Gasteiger charge is -2.36. The number of fused-ring (bicyclic) bond motifs is 6. The zero-order valence-corrected chi connectivity index (χ0v) is 22.4. The largest absolute Gasteiger partial charge is 0.694 e. The number of anilines is 1. The molecule has 5 N–H and O–H groups in total. The zero-order valence-electron chi connectivity index (χ0n) is 20.7. The van der Waals surface area contributed by atoms with Gasteiger partial charge >= 0.3 is 14.2 Å². The van der Waals surface area contributed by atoms with Gasteiger partial charge in [0.05, 0.1) is 5.56 Å². The van der Waals surface area contributed by atoms with Crippen molar-refractivity contribution in [1.82, 2.24) is 5.32 Å². The van der Waals surface area contributed by atoms with Crippen LogP contribution in [0.3, 0.4) is 0 Å². The standard InChI is InChI=1S/C27H25N2O8PS/c30-17-6-9-21-23(14-17)36-24-15-18(31)7-10-22(24)27(21)20-8-5-16(13-19(20)25(32)37-27)29-26(39)28-11-3-1-2-4-12-35-38(33)34/h5-10,13-15H,1-4,11-12H2,(H4-,28,29,30,31,33,34,39)/p+1. The maximum atomic E-state index is 13.2. The van der Waals surface area contributed by atoms with E-state index < -0.39 is 19.8 Å². The maximum absolute atomic E-state index is 13.2. The number of esters is 1. The number of ether oxygens (including phenoxy) is 2. The Kier molecular flexibility index (Phi) is 7.67. The third kappa shape index (κ3) is 5.39. The second-order valence-corrected chi connectivity index (χ2v) is 10.3. The average Bonchev–Trinajstić information content (AvgIpc) is 3.17. The van der Waals surface area contributed by atoms with Crippen molar-refractivity contribution in [2.24, 2.45) is 0 Å². The molecule has 39 heavy (non-hydrogen) atoms. The van der Waals surface area contributed by atoms with Crippen LogP contribution >= 0.6 is 20.5 Å². The lowest BCUT2D eigenvalue weighted by atomic mass is 9.77. The lowest BCUT2D eigenvalue weighted by molar-refractivity contribution is 0.0224. The Labute approximate surface area is 230 Å². The van der Waals surface area contributed by atoms with Crippen molar-refractivity contribution in [3.63, 3.8) is 0 Å². The summed E-state index contributed by atoms with van der Waals surface area (Å²) in [5.41, 5.74) is 1.37. The summed E-state index contributed by atoms with van der Waals surface area (Å²) in [6, 6.07) is 14.5. The molecule has 0 saturated carbocycles. The van der Waals surface area contributed by atoms with Gasteiger partial charge in [0.25, 0.3) is 0 Å². The fourth-order valence-electron chi connectivity index (χ4n) is 4.88. The molecular formula is C27H26N2O8PS+. The molecule has 0 aliphatic carbocycles. The van der Waals surface area contributed by atoms with Gasteiger partial charge in [-0.15, -0.1) is 9.42 Å². The van der Waals surface area contributed by atoms with Crippen LogP contribution in [0, 0.1) is 0 Å². The van der Waals surface area contributed by atoms with Gasteiger partial charge in [0, 0.05) is 45.6 Å². The Morgan fingerprint density at radius 1 is 0.923 bits per heavy atom. The number of carbonyl (C=O) groups excluding carboxylic acids is 1. The van der Waals surface area contributed by atoms with Crippen LogP contribution in [0.1, 0.15) is 52.7 Å². The molecule has 0 saturated heterocycles. The third-order valence-electron chi connectivity index (χ3n) is 6.59. The van der Waals surface area contributed by atoms with Crippen molar-refractivity contribution < 1.29 is 38.5 Å². The highest BCUT2D eigenvalue weighted by Gasteiger charge is 2.53. The van der Waals surface area contributed by atoms with Crippen molar-refractivity contribution in [2.75, 3.05) is 18.5 Å². The number of aromatic hydroxyl groups is 2. The van der Waals surface area contributed by atoms with Crippen molar-refractivity contribution >= 4 is 37.2 Å². The van der Waals surface area contributed by atoms with Gasteiger partial charge in [-0.05, 0) is 61.5 Å². The van der Waals surface area contributed by atoms with Gasteiger partial charge in [0.2, 0.25) is 0 Å². The predicted octanol–water partition coefficient (Wildman–Crippen LogP) is 5.18. The maximum Gasteiger partial charge on any atom is 0.694 e. The summed E-state index contributed by atoms with van der Waals surface area (Å²) in [5.74, 6) is 0.0930. The summed E-state index contributed by atoms with van der Waals surface area (Å²) in [7, 11) is -2.54. The minimum absolute atomic E-state index is 0.00795. The first kappa shape index (κ1) is 26.8. The predicted molar refractivity (Wildman–Crippen MR) is 146 cm³/mol. The fraction of sp³-hybridized carbons (Fsp3) is 0.259. The van der Waals surface area contributed by atoms with E-state index in [0.29, 0.717) is 57.5 Å². The molecule has 2 aliphatic heterocycles. The number of thiocarbonyl (C=S) groups is 1. The van der Waals surface area contributed by atoms with Gasteiger partial charge in [0.15, 0.2) is 10.7 Å². The van der Waals surface area contributed by atoms with E-state index in [-0.39, 0.29) is 18.1 Å². The molecule has 3 aromatic rings. The monoisotopic (exact) mass is 569 g/mol. The highest BCUT2D eigenvalue weighted by molar-refractivity contribution is 7.80. The molecule has 202 valence electrons. The molecule has 2 heterocycles. The highest BCUT2D eigenvalue weighted by Crippen LogP contribution is 2.57. The Morgan fingerprint density at radius 3 is 2.23 bits per heavy atom. The highest BCUT2D eigenvalue weighted by atomic mass is 32.1. The second-order valence-electron chi connectivity index (χ2n) is 9.16. The molecule has 1 atom stereocenters. The number of phenols is 2. The molecule has 2 aliphatic rings. The molecule has 1 unspecified atom stereocenters. The van der Waals surface area contributed by atoms with Gasteiger partial charge in [-0.25, -0.2) is 4.79 Å². The number of hydrogen-bond acceptors (Lipinski definition) is 8. The van der Waals surface area contributed by atoms with Gasteiger partial charge in [0.1, 0.15) is 29.6 Å². The lowest BCUT2D eigenvalue weighted by Crippen LogP contribution is -2.33. The average molecular weight is 570 g/mol. The summed E-state index contributed by atoms with van der Waals surface area (Å²) < 4.78 is 27.2. The first-order chi connectivity index (χ1) is 18.8. The van der Waals surface area contributed by atoms with Gasteiger partial charge < -0.3 is 30.3 Å². The van der Waals surface area contributed by atoms with E-state index in [1.165, 1.54) is 24.3 Å². The number of rotatable bonds is 9. The molecule has 0 amide bonds. The van der Waals surface area contributed by atoms with E-state index in [0.717, 1.165) is 19.3 Å². The van der Waals surface area contributed by atoms with Crippen LogP contribution in [-0.2, 0) is 19.4 Å². The molecule has 0 fully saturated rings. The Bertz CT molecular complexity index is 1410. The van der Waals surface area contributed by atoms with Crippen molar-refractivity contribution in [3.05, 3.63) is 76.9 Å². The first-order valence-electron chi connectivity index (χ1n) is 12.3. The summed E-state index contributed by atoms with van der Waals surface area (Å²) in [6.07, 6.45) is 3.35. The van der Waals surface area contributed by atoms with Crippen LogP contribution in [0.2, 0.25) is 0 Å². The number of phenolic OH excluding ortho intramolecular Hbond substituents is 2. The summed E-state index contributed by atoms with van der Waals surface area (Å²) in [4.78, 5) is 21.8. The van der Waals surface area contributed by atoms with Crippen molar-refractivity contribution in [2.45, 2.75) is 31.3 Å². The number of unbranched alkanes of at least 4 members (excludes halogenated alkanes) is 3. The van der Waals surface area contributed by atoms with Crippen molar-refractivity contribution in [3.8, 4) is 23.0 Å². The number of nitrogens with one attached hydrogen (secondary N) is 2. The smallest absolute Gasteiger partial charge is 0.508 e. The summed E-state index contributed by atoms with van der Waals surface area (Å²) >= 11 is 5.41. The molecule has 5 rings (SSSR count). The minimum Gasteiger partial charge on any atom is -0.508 e. The molecule has 12 heteroatoms. The van der Waals surface area contributed by atoms with E-state index in [4.69, 9.17) is 26.6 Å². The number of hydrogen-bond donors (Lipinski definition) is 5. The molecule has 0 bridgehead atoms. The SMILES string of the molecule is O=C1OC2(c3ccc(O)cc3Oc3cc(O)ccc32)c2ccc(NC(=S)NCCCCCCO[P+](=O)O)cc21. The fourth-order valence-corrected chi connectivity index (χ4v) is 5.39. The van der Waals surface area contributed by atoms with Gasteiger partial charge in [-0.3, -0.25) is 0 Å². The third-order valence-corrected chi connectivity index (χ3v) is 7.24. The molecular weight excluding hydrogens is 543 g/mol. The molecule has 10 nitrogen and oxygen atoms in total. The van der Waals surface area contributed by atoms with Gasteiger partial charge in [-0.2, -0.15) is 0 Å². The van der Waals surface area contributed by atoms with E-state index in [2.05, 4.69) is 15.2 Å². The van der Waals surface area contributed by atoms with Crippen LogP contribution in [0.25, 0.3) is 0 Å². The second kappa shape index (κ2) is 11.2. The Balaban J connectivity index is 1.31. The van der Waals surface area contributed by atoms with Crippen LogP contribution in [0.5, 0.6) is 23.0 Å². The quantitative estimate of drug-likeness (QED) is 0.101. The minimum atomic E-state index is -2.54. The zero-order chi connectivity index (χ0) is 27.6. The Hall–Kier alpha value is -3.76. The van der Waals surface area contributed by atoms with E-state index in [9.17, 15) is 19.6 Å². The molecule has 1 spiro atoms. The topological polar surface area (TPSA) is 147 Å². The molecule has 0 aromatic heterocycles. The Morgan fingerprint density at radius 2 is 1.56 bits per heavy atom. The van der Waals surface area contributed by atoms with Crippen LogP contribution in [-0.4, -0.2) is 39.3 Å². The van der Waals surface area contributed by atoms with Crippen LogP contribution < -0.4 is 15.4 Å².